The van der Waals surface area contributed by atoms with Crippen LogP contribution in [-0.4, -0.2) is 71.9 Å². The minimum atomic E-state index is -0.724. The number of hydrogen-bond donors (Lipinski definition) is 2. The Balaban J connectivity index is 2.09. The number of rotatable bonds is 6. The molecule has 1 rings (SSSR count). The molecule has 0 aromatic rings. The monoisotopic (exact) mass is 216 g/mol. The van der Waals surface area contributed by atoms with Crippen molar-refractivity contribution in [1.82, 2.24) is 9.80 Å². The molecule has 2 N–H and O–H groups in total. The molecule has 0 radical (unpaired) electrons. The van der Waals surface area contributed by atoms with E-state index in [1.54, 1.807) is 0 Å². The van der Waals surface area contributed by atoms with Gasteiger partial charge < -0.3 is 20.0 Å². The van der Waals surface area contributed by atoms with Crippen LogP contribution in [0.15, 0.2) is 0 Å². The van der Waals surface area contributed by atoms with Crippen LogP contribution in [0.1, 0.15) is 12.8 Å². The molecular weight excluding hydrogens is 196 g/mol. The molecule has 1 aliphatic heterocycles. The molecule has 1 saturated heterocycles. The van der Waals surface area contributed by atoms with Crippen LogP contribution in [0.4, 0.5) is 0 Å². The molecule has 15 heavy (non-hydrogen) atoms. The average Bonchev–Trinajstić information content (AvgIpc) is 2.25. The zero-order valence-corrected chi connectivity index (χ0v) is 9.06. The van der Waals surface area contributed by atoms with E-state index in [-0.39, 0.29) is 13.0 Å². The molecule has 88 valence electrons. The third kappa shape index (κ3) is 5.11. The molecule has 1 heterocycles. The SMILES string of the molecule is O=C(O)CCN1CCN(CCCO)CC1. The minimum Gasteiger partial charge on any atom is -0.481 e. The molecule has 0 aromatic heterocycles. The van der Waals surface area contributed by atoms with Crippen LogP contribution >= 0.6 is 0 Å². The maximum Gasteiger partial charge on any atom is 0.304 e. The number of hydrogen-bond acceptors (Lipinski definition) is 4. The first kappa shape index (κ1) is 12.4. The molecule has 0 spiro atoms. The topological polar surface area (TPSA) is 64.0 Å². The Morgan fingerprint density at radius 1 is 1.07 bits per heavy atom. The molecule has 0 bridgehead atoms. The number of carboxylic acid groups (broad SMARTS) is 1. The van der Waals surface area contributed by atoms with Crippen molar-refractivity contribution < 1.29 is 15.0 Å². The fourth-order valence-corrected chi connectivity index (χ4v) is 1.78. The number of carbonyl (C=O) groups is 1. The summed E-state index contributed by atoms with van der Waals surface area (Å²) in [6, 6.07) is 0. The van der Waals surface area contributed by atoms with Gasteiger partial charge in [-0.2, -0.15) is 0 Å². The summed E-state index contributed by atoms with van der Waals surface area (Å²) in [4.78, 5) is 14.9. The summed E-state index contributed by atoms with van der Waals surface area (Å²) in [5.41, 5.74) is 0. The second-order valence-electron chi connectivity index (χ2n) is 3.90. The van der Waals surface area contributed by atoms with Gasteiger partial charge in [-0.3, -0.25) is 4.79 Å². The normalized spacial score (nSPS) is 19.3. The first-order valence-corrected chi connectivity index (χ1v) is 5.49. The number of piperazine rings is 1. The molecule has 0 aromatic carbocycles. The number of nitrogens with zero attached hydrogens (tertiary/aromatic N) is 2. The fraction of sp³-hybridized carbons (Fsp3) is 0.900. The lowest BCUT2D eigenvalue weighted by Gasteiger charge is -2.34. The van der Waals surface area contributed by atoms with Gasteiger partial charge in [0.15, 0.2) is 0 Å². The van der Waals surface area contributed by atoms with E-state index in [9.17, 15) is 4.79 Å². The van der Waals surface area contributed by atoms with E-state index >= 15 is 0 Å². The third-order valence-corrected chi connectivity index (χ3v) is 2.74. The van der Waals surface area contributed by atoms with Gasteiger partial charge in [0.2, 0.25) is 0 Å². The number of aliphatic hydroxyl groups excluding tert-OH is 1. The van der Waals surface area contributed by atoms with Crippen molar-refractivity contribution >= 4 is 5.97 Å². The van der Waals surface area contributed by atoms with E-state index in [1.165, 1.54) is 0 Å². The molecule has 5 heteroatoms. The van der Waals surface area contributed by atoms with Crippen molar-refractivity contribution in [2.24, 2.45) is 0 Å². The van der Waals surface area contributed by atoms with Crippen LogP contribution < -0.4 is 0 Å². The highest BCUT2D eigenvalue weighted by atomic mass is 16.4. The Morgan fingerprint density at radius 3 is 2.07 bits per heavy atom. The highest BCUT2D eigenvalue weighted by Gasteiger charge is 2.16. The molecule has 0 atom stereocenters. The summed E-state index contributed by atoms with van der Waals surface area (Å²) >= 11 is 0. The Hall–Kier alpha value is -0.650. The van der Waals surface area contributed by atoms with Crippen LogP contribution in [-0.2, 0) is 4.79 Å². The van der Waals surface area contributed by atoms with Gasteiger partial charge in [-0.05, 0) is 6.42 Å². The molecule has 1 fully saturated rings. The van der Waals surface area contributed by atoms with Gasteiger partial charge in [0.1, 0.15) is 0 Å². The van der Waals surface area contributed by atoms with Crippen molar-refractivity contribution in [3.8, 4) is 0 Å². The lowest BCUT2D eigenvalue weighted by molar-refractivity contribution is -0.137. The van der Waals surface area contributed by atoms with E-state index in [4.69, 9.17) is 10.2 Å². The zero-order valence-electron chi connectivity index (χ0n) is 9.06. The van der Waals surface area contributed by atoms with Gasteiger partial charge >= 0.3 is 5.97 Å². The van der Waals surface area contributed by atoms with Crippen molar-refractivity contribution in [3.63, 3.8) is 0 Å². The van der Waals surface area contributed by atoms with Gasteiger partial charge in [-0.15, -0.1) is 0 Å². The van der Waals surface area contributed by atoms with E-state index in [0.717, 1.165) is 39.1 Å². The quantitative estimate of drug-likeness (QED) is 0.624. The van der Waals surface area contributed by atoms with Crippen molar-refractivity contribution in [3.05, 3.63) is 0 Å². The van der Waals surface area contributed by atoms with Crippen LogP contribution in [0.3, 0.4) is 0 Å². The third-order valence-electron chi connectivity index (χ3n) is 2.74. The molecule has 1 aliphatic rings. The highest BCUT2D eigenvalue weighted by Crippen LogP contribution is 2.02. The van der Waals surface area contributed by atoms with E-state index in [1.807, 2.05) is 0 Å². The largest absolute Gasteiger partial charge is 0.481 e. The lowest BCUT2D eigenvalue weighted by Crippen LogP contribution is -2.47. The van der Waals surface area contributed by atoms with Crippen molar-refractivity contribution in [2.45, 2.75) is 12.8 Å². The maximum absolute atomic E-state index is 10.4. The standard InChI is InChI=1S/C10H20N2O3/c13-9-1-3-11-5-7-12(8-6-11)4-2-10(14)15/h13H,1-9H2,(H,14,15). The summed E-state index contributed by atoms with van der Waals surface area (Å²) in [6.45, 7) is 5.71. The predicted octanol–water partition coefficient (Wildman–Crippen LogP) is -0.539. The van der Waals surface area contributed by atoms with Crippen LogP contribution in [0.25, 0.3) is 0 Å². The van der Waals surface area contributed by atoms with Crippen molar-refractivity contribution in [1.29, 1.82) is 0 Å². The number of carboxylic acids is 1. The predicted molar refractivity (Wildman–Crippen MR) is 56.8 cm³/mol. The summed E-state index contributed by atoms with van der Waals surface area (Å²) < 4.78 is 0. The van der Waals surface area contributed by atoms with Crippen molar-refractivity contribution in [2.75, 3.05) is 45.9 Å². The average molecular weight is 216 g/mol. The van der Waals surface area contributed by atoms with E-state index < -0.39 is 5.97 Å². The number of aliphatic hydroxyl groups is 1. The Morgan fingerprint density at radius 2 is 1.60 bits per heavy atom. The second kappa shape index (κ2) is 6.76. The van der Waals surface area contributed by atoms with Gasteiger partial charge in [-0.1, -0.05) is 0 Å². The van der Waals surface area contributed by atoms with E-state index in [2.05, 4.69) is 9.80 Å². The Labute approximate surface area is 90.3 Å². The maximum atomic E-state index is 10.4. The molecule has 0 amide bonds. The van der Waals surface area contributed by atoms with Gasteiger partial charge in [0, 0.05) is 45.9 Å². The fourth-order valence-electron chi connectivity index (χ4n) is 1.78. The smallest absolute Gasteiger partial charge is 0.304 e. The van der Waals surface area contributed by atoms with Gasteiger partial charge in [0.05, 0.1) is 6.42 Å². The Bertz CT molecular complexity index is 191. The van der Waals surface area contributed by atoms with Gasteiger partial charge in [-0.25, -0.2) is 0 Å². The molecule has 5 nitrogen and oxygen atoms in total. The first-order valence-electron chi connectivity index (χ1n) is 5.49. The first-order chi connectivity index (χ1) is 7.22. The molecule has 0 unspecified atom stereocenters. The van der Waals surface area contributed by atoms with Gasteiger partial charge in [0.25, 0.3) is 0 Å². The lowest BCUT2D eigenvalue weighted by atomic mass is 10.2. The zero-order chi connectivity index (χ0) is 11.1. The minimum absolute atomic E-state index is 0.233. The Kier molecular flexibility index (Phi) is 5.60. The van der Waals surface area contributed by atoms with E-state index in [0.29, 0.717) is 6.54 Å². The van der Waals surface area contributed by atoms with Crippen LogP contribution in [0, 0.1) is 0 Å². The van der Waals surface area contributed by atoms with Crippen LogP contribution in [0.2, 0.25) is 0 Å². The second-order valence-corrected chi connectivity index (χ2v) is 3.90. The summed E-state index contributed by atoms with van der Waals surface area (Å²) in [5.74, 6) is -0.724. The summed E-state index contributed by atoms with van der Waals surface area (Å²) in [5, 5.41) is 17.2. The number of aliphatic carboxylic acids is 1. The molecular formula is C10H20N2O3. The highest BCUT2D eigenvalue weighted by molar-refractivity contribution is 5.66. The summed E-state index contributed by atoms with van der Waals surface area (Å²) in [6.07, 6.45) is 1.06. The molecule has 0 saturated carbocycles. The summed E-state index contributed by atoms with van der Waals surface area (Å²) in [7, 11) is 0. The molecule has 0 aliphatic carbocycles. The van der Waals surface area contributed by atoms with Crippen LogP contribution in [0.5, 0.6) is 0 Å².